The molecule has 2 heterocycles. The Hall–Kier alpha value is -1.88. The van der Waals surface area contributed by atoms with Gasteiger partial charge in [-0.25, -0.2) is 0 Å². The zero-order valence-electron chi connectivity index (χ0n) is 18.4. The van der Waals surface area contributed by atoms with E-state index in [1.54, 1.807) is 0 Å². The first-order valence-corrected chi connectivity index (χ1v) is 12.2. The lowest BCUT2D eigenvalue weighted by atomic mass is 9.52. The van der Waals surface area contributed by atoms with Crippen LogP contribution in [0.5, 0.6) is 5.75 Å². The SMILES string of the molecule is OC12CCNCCC13CCN(CC1CC1)C2Cc1ccc(OCc2ccccc2)cc13. The minimum absolute atomic E-state index is 0.166. The van der Waals surface area contributed by atoms with Crippen molar-refractivity contribution >= 4 is 0 Å². The Kier molecular flexibility index (Phi) is 4.86. The molecule has 2 saturated heterocycles. The Morgan fingerprint density at radius 3 is 2.71 bits per heavy atom. The van der Waals surface area contributed by atoms with Crippen molar-refractivity contribution < 1.29 is 9.84 Å². The van der Waals surface area contributed by atoms with Gasteiger partial charge in [-0.3, -0.25) is 4.90 Å². The van der Waals surface area contributed by atoms with Crippen molar-refractivity contribution in [1.29, 1.82) is 0 Å². The van der Waals surface area contributed by atoms with Crippen LogP contribution in [0.3, 0.4) is 0 Å². The lowest BCUT2D eigenvalue weighted by Crippen LogP contribution is -2.71. The summed E-state index contributed by atoms with van der Waals surface area (Å²) in [4.78, 5) is 2.64. The van der Waals surface area contributed by atoms with Crippen molar-refractivity contribution in [1.82, 2.24) is 10.2 Å². The van der Waals surface area contributed by atoms with Gasteiger partial charge in [0.25, 0.3) is 0 Å². The molecule has 0 radical (unpaired) electrons. The number of likely N-dealkylation sites (tertiary alicyclic amines) is 1. The summed E-state index contributed by atoms with van der Waals surface area (Å²) in [5.74, 6) is 1.78. The monoisotopic (exact) mass is 418 g/mol. The number of ether oxygens (including phenoxy) is 1. The van der Waals surface area contributed by atoms with Crippen molar-refractivity contribution in [3.8, 4) is 5.75 Å². The number of benzene rings is 2. The molecule has 4 nitrogen and oxygen atoms in total. The molecule has 0 spiro atoms. The van der Waals surface area contributed by atoms with Gasteiger partial charge in [-0.05, 0) is 92.9 Å². The van der Waals surface area contributed by atoms with E-state index in [-0.39, 0.29) is 11.5 Å². The van der Waals surface area contributed by atoms with E-state index in [2.05, 4.69) is 52.7 Å². The summed E-state index contributed by atoms with van der Waals surface area (Å²) < 4.78 is 6.21. The maximum absolute atomic E-state index is 12.4. The highest BCUT2D eigenvalue weighted by Crippen LogP contribution is 2.56. The zero-order valence-corrected chi connectivity index (χ0v) is 18.4. The van der Waals surface area contributed by atoms with Crippen molar-refractivity contribution in [2.24, 2.45) is 5.92 Å². The summed E-state index contributed by atoms with van der Waals surface area (Å²) in [5, 5.41) is 16.0. The van der Waals surface area contributed by atoms with Crippen LogP contribution >= 0.6 is 0 Å². The highest BCUT2D eigenvalue weighted by molar-refractivity contribution is 5.48. The van der Waals surface area contributed by atoms with Crippen LogP contribution in [0, 0.1) is 5.92 Å². The molecule has 31 heavy (non-hydrogen) atoms. The second-order valence-corrected chi connectivity index (χ2v) is 10.3. The number of nitrogens with one attached hydrogen (secondary N) is 1. The standard InChI is InChI=1S/C27H34N2O2/c30-27-11-14-28-13-10-26(27)12-15-29(18-20-6-7-20)25(27)16-22-8-9-23(17-24(22)26)31-19-21-4-2-1-3-5-21/h1-5,8-9,17,20,25,28,30H,6-7,10-16,18-19H2. The summed E-state index contributed by atoms with van der Waals surface area (Å²) in [6, 6.07) is 17.3. The largest absolute Gasteiger partial charge is 0.489 e. The Morgan fingerprint density at radius 1 is 1.03 bits per heavy atom. The molecule has 4 aliphatic rings. The molecular weight excluding hydrogens is 384 g/mol. The van der Waals surface area contributed by atoms with E-state index < -0.39 is 5.60 Å². The molecule has 2 aromatic carbocycles. The minimum atomic E-state index is -0.658. The lowest BCUT2D eigenvalue weighted by molar-refractivity contribution is -0.149. The molecule has 2 N–H and O–H groups in total. The number of aliphatic hydroxyl groups is 1. The third-order valence-electron chi connectivity index (χ3n) is 8.51. The third kappa shape index (κ3) is 3.31. The Morgan fingerprint density at radius 2 is 1.87 bits per heavy atom. The molecule has 1 saturated carbocycles. The molecule has 3 fully saturated rings. The van der Waals surface area contributed by atoms with Crippen molar-refractivity contribution in [3.63, 3.8) is 0 Å². The van der Waals surface area contributed by atoms with E-state index in [1.165, 1.54) is 36.1 Å². The van der Waals surface area contributed by atoms with E-state index in [0.717, 1.165) is 57.0 Å². The van der Waals surface area contributed by atoms with Crippen LogP contribution in [0.1, 0.15) is 48.8 Å². The molecule has 4 heteroatoms. The fraction of sp³-hybridized carbons (Fsp3) is 0.556. The average Bonchev–Trinajstić information content (AvgIpc) is 3.62. The maximum Gasteiger partial charge on any atom is 0.120 e. The fourth-order valence-corrected chi connectivity index (χ4v) is 6.65. The first-order valence-electron chi connectivity index (χ1n) is 12.2. The smallest absolute Gasteiger partial charge is 0.120 e. The first-order chi connectivity index (χ1) is 15.2. The van der Waals surface area contributed by atoms with Gasteiger partial charge in [-0.2, -0.15) is 0 Å². The van der Waals surface area contributed by atoms with E-state index in [9.17, 15) is 5.11 Å². The highest BCUT2D eigenvalue weighted by atomic mass is 16.5. The number of hydrogen-bond donors (Lipinski definition) is 2. The predicted octanol–water partition coefficient (Wildman–Crippen LogP) is 3.66. The highest BCUT2D eigenvalue weighted by Gasteiger charge is 2.62. The topological polar surface area (TPSA) is 44.7 Å². The van der Waals surface area contributed by atoms with E-state index in [0.29, 0.717) is 6.61 Å². The van der Waals surface area contributed by atoms with Crippen molar-refractivity contribution in [2.45, 2.75) is 62.2 Å². The van der Waals surface area contributed by atoms with Gasteiger partial charge in [0, 0.05) is 18.0 Å². The molecule has 6 rings (SSSR count). The van der Waals surface area contributed by atoms with Gasteiger partial charge in [0.1, 0.15) is 12.4 Å². The van der Waals surface area contributed by atoms with Gasteiger partial charge in [-0.15, -0.1) is 0 Å². The van der Waals surface area contributed by atoms with Crippen LogP contribution in [-0.2, 0) is 18.4 Å². The maximum atomic E-state index is 12.4. The van der Waals surface area contributed by atoms with Crippen LogP contribution in [0.25, 0.3) is 0 Å². The molecule has 2 aliphatic heterocycles. The first kappa shape index (κ1) is 19.8. The second-order valence-electron chi connectivity index (χ2n) is 10.3. The average molecular weight is 419 g/mol. The number of rotatable bonds is 5. The number of piperidine rings is 1. The Labute approximate surface area is 185 Å². The number of nitrogens with zero attached hydrogens (tertiary/aromatic N) is 1. The summed E-state index contributed by atoms with van der Waals surface area (Å²) >= 11 is 0. The van der Waals surface area contributed by atoms with E-state index in [1.807, 2.05) is 6.07 Å². The van der Waals surface area contributed by atoms with Crippen LogP contribution in [0.4, 0.5) is 0 Å². The van der Waals surface area contributed by atoms with Gasteiger partial charge in [0.05, 0.1) is 5.60 Å². The third-order valence-corrected chi connectivity index (χ3v) is 8.51. The van der Waals surface area contributed by atoms with Crippen molar-refractivity contribution in [2.75, 3.05) is 26.2 Å². The predicted molar refractivity (Wildman–Crippen MR) is 122 cm³/mol. The normalized spacial score (nSPS) is 32.6. The van der Waals surface area contributed by atoms with Gasteiger partial charge >= 0.3 is 0 Å². The molecular formula is C27H34N2O2. The molecule has 2 bridgehead atoms. The van der Waals surface area contributed by atoms with E-state index in [4.69, 9.17) is 4.74 Å². The van der Waals surface area contributed by atoms with E-state index >= 15 is 0 Å². The Balaban J connectivity index is 1.35. The molecule has 3 unspecified atom stereocenters. The summed E-state index contributed by atoms with van der Waals surface area (Å²) in [7, 11) is 0. The van der Waals surface area contributed by atoms with Gasteiger partial charge < -0.3 is 15.2 Å². The molecule has 0 aromatic heterocycles. The van der Waals surface area contributed by atoms with Gasteiger partial charge in [-0.1, -0.05) is 36.4 Å². The molecule has 2 aromatic rings. The number of hydrogen-bond acceptors (Lipinski definition) is 4. The summed E-state index contributed by atoms with van der Waals surface area (Å²) in [6.45, 7) is 4.75. The van der Waals surface area contributed by atoms with Crippen LogP contribution in [-0.4, -0.2) is 47.8 Å². The van der Waals surface area contributed by atoms with Gasteiger partial charge in [0.15, 0.2) is 0 Å². The van der Waals surface area contributed by atoms with Crippen LogP contribution < -0.4 is 10.1 Å². The number of fused-ring (bicyclic) bond motifs is 1. The van der Waals surface area contributed by atoms with Crippen LogP contribution in [0.2, 0.25) is 0 Å². The second kappa shape index (κ2) is 7.61. The quantitative estimate of drug-likeness (QED) is 0.778. The fourth-order valence-electron chi connectivity index (χ4n) is 6.65. The zero-order chi connectivity index (χ0) is 20.9. The summed E-state index contributed by atoms with van der Waals surface area (Å²) in [6.07, 6.45) is 6.59. The Bertz CT molecular complexity index is 944. The minimum Gasteiger partial charge on any atom is -0.489 e. The van der Waals surface area contributed by atoms with Crippen LogP contribution in [0.15, 0.2) is 48.5 Å². The lowest BCUT2D eigenvalue weighted by Gasteiger charge is -2.61. The molecule has 3 atom stereocenters. The summed E-state index contributed by atoms with van der Waals surface area (Å²) in [5.41, 5.74) is 3.13. The molecule has 164 valence electrons. The van der Waals surface area contributed by atoms with Gasteiger partial charge in [0.2, 0.25) is 0 Å². The van der Waals surface area contributed by atoms with Crippen molar-refractivity contribution in [3.05, 3.63) is 65.2 Å². The molecule has 0 amide bonds. The molecule has 2 aliphatic carbocycles.